The van der Waals surface area contributed by atoms with Crippen LogP contribution in [0.1, 0.15) is 5.56 Å². The van der Waals surface area contributed by atoms with Crippen LogP contribution in [-0.4, -0.2) is 16.5 Å². The average Bonchev–Trinajstić information content (AvgIpc) is 2.32. The zero-order valence-corrected chi connectivity index (χ0v) is 10.3. The van der Waals surface area contributed by atoms with Crippen molar-refractivity contribution >= 4 is 15.9 Å². The minimum absolute atomic E-state index is 0.626. The van der Waals surface area contributed by atoms with Gasteiger partial charge in [0.05, 0.1) is 0 Å². The molecule has 0 aliphatic rings. The molecule has 0 bridgehead atoms. The molecule has 0 atom stereocenters. The van der Waals surface area contributed by atoms with E-state index in [1.807, 2.05) is 36.7 Å². The van der Waals surface area contributed by atoms with Crippen molar-refractivity contribution in [2.45, 2.75) is 6.42 Å². The molecule has 82 valence electrons. The minimum atomic E-state index is 0.626. The number of hydrogen-bond acceptors (Lipinski definition) is 3. The van der Waals surface area contributed by atoms with Crippen LogP contribution in [0.4, 0.5) is 0 Å². The molecule has 1 aromatic carbocycles. The molecular formula is C12H12BrN3. The van der Waals surface area contributed by atoms with Gasteiger partial charge in [0.15, 0.2) is 5.82 Å². The topological polar surface area (TPSA) is 51.8 Å². The van der Waals surface area contributed by atoms with Crippen LogP contribution in [0.3, 0.4) is 0 Å². The lowest BCUT2D eigenvalue weighted by molar-refractivity contribution is 0.943. The third kappa shape index (κ3) is 2.65. The lowest BCUT2D eigenvalue weighted by Gasteiger charge is -2.01. The van der Waals surface area contributed by atoms with E-state index in [9.17, 15) is 0 Å². The van der Waals surface area contributed by atoms with E-state index in [1.54, 1.807) is 0 Å². The molecule has 0 fully saturated rings. The van der Waals surface area contributed by atoms with Crippen LogP contribution in [0.15, 0.2) is 41.1 Å². The third-order valence-corrected chi connectivity index (χ3v) is 2.77. The Morgan fingerprint density at radius 1 is 1.06 bits per heavy atom. The molecule has 2 rings (SSSR count). The number of benzene rings is 1. The van der Waals surface area contributed by atoms with E-state index in [0.29, 0.717) is 6.54 Å². The van der Waals surface area contributed by atoms with Crippen molar-refractivity contribution < 1.29 is 0 Å². The first-order valence-electron chi connectivity index (χ1n) is 5.06. The number of aromatic nitrogens is 2. The van der Waals surface area contributed by atoms with E-state index < -0.39 is 0 Å². The van der Waals surface area contributed by atoms with Gasteiger partial charge in [-0.25, -0.2) is 9.97 Å². The van der Waals surface area contributed by atoms with Crippen molar-refractivity contribution in [3.8, 4) is 11.4 Å². The van der Waals surface area contributed by atoms with Gasteiger partial charge >= 0.3 is 0 Å². The van der Waals surface area contributed by atoms with E-state index in [4.69, 9.17) is 5.73 Å². The van der Waals surface area contributed by atoms with Crippen LogP contribution in [0.5, 0.6) is 0 Å². The number of hydrogen-bond donors (Lipinski definition) is 1. The summed E-state index contributed by atoms with van der Waals surface area (Å²) in [5, 5.41) is 0. The number of rotatable bonds is 3. The third-order valence-electron chi connectivity index (χ3n) is 2.24. The predicted octanol–water partition coefficient (Wildman–Crippen LogP) is 2.41. The van der Waals surface area contributed by atoms with Gasteiger partial charge in [-0.2, -0.15) is 0 Å². The Kier molecular flexibility index (Phi) is 3.64. The van der Waals surface area contributed by atoms with Crippen LogP contribution in [0.25, 0.3) is 11.4 Å². The fourth-order valence-corrected chi connectivity index (χ4v) is 1.66. The van der Waals surface area contributed by atoms with Crippen LogP contribution >= 0.6 is 15.9 Å². The highest BCUT2D eigenvalue weighted by Gasteiger charge is 2.00. The van der Waals surface area contributed by atoms with Gasteiger partial charge in [-0.1, -0.05) is 28.1 Å². The number of nitrogens with zero attached hydrogens (tertiary/aromatic N) is 2. The van der Waals surface area contributed by atoms with Gasteiger partial charge in [-0.05, 0) is 30.7 Å². The predicted molar refractivity (Wildman–Crippen MR) is 67.9 cm³/mol. The molecule has 0 unspecified atom stereocenters. The standard InChI is InChI=1S/C12H12BrN3/c13-11-3-1-10(2-4-11)12-15-7-9(5-6-14)8-16-12/h1-4,7-8H,5-6,14H2. The monoisotopic (exact) mass is 277 g/mol. The molecule has 0 saturated heterocycles. The highest BCUT2D eigenvalue weighted by atomic mass is 79.9. The molecule has 0 radical (unpaired) electrons. The molecule has 2 aromatic rings. The Labute approximate surface area is 103 Å². The Morgan fingerprint density at radius 2 is 1.69 bits per heavy atom. The summed E-state index contributed by atoms with van der Waals surface area (Å²) >= 11 is 3.40. The molecule has 0 amide bonds. The number of halogens is 1. The minimum Gasteiger partial charge on any atom is -0.330 e. The molecule has 1 aromatic heterocycles. The van der Waals surface area contributed by atoms with Gasteiger partial charge in [0.2, 0.25) is 0 Å². The SMILES string of the molecule is NCCc1cnc(-c2ccc(Br)cc2)nc1. The number of nitrogens with two attached hydrogens (primary N) is 1. The Balaban J connectivity index is 2.24. The van der Waals surface area contributed by atoms with E-state index in [-0.39, 0.29) is 0 Å². The molecular weight excluding hydrogens is 266 g/mol. The molecule has 1 heterocycles. The summed E-state index contributed by atoms with van der Waals surface area (Å²) in [5.41, 5.74) is 7.55. The normalized spacial score (nSPS) is 10.4. The summed E-state index contributed by atoms with van der Waals surface area (Å²) < 4.78 is 1.05. The smallest absolute Gasteiger partial charge is 0.159 e. The van der Waals surface area contributed by atoms with Gasteiger partial charge in [0.25, 0.3) is 0 Å². The van der Waals surface area contributed by atoms with Gasteiger partial charge < -0.3 is 5.73 Å². The molecule has 0 aliphatic heterocycles. The fourth-order valence-electron chi connectivity index (χ4n) is 1.40. The molecule has 2 N–H and O–H groups in total. The molecule has 3 nitrogen and oxygen atoms in total. The Bertz CT molecular complexity index is 451. The second kappa shape index (κ2) is 5.18. The lowest BCUT2D eigenvalue weighted by Crippen LogP contribution is -2.03. The lowest BCUT2D eigenvalue weighted by atomic mass is 10.2. The van der Waals surface area contributed by atoms with E-state index in [0.717, 1.165) is 27.8 Å². The van der Waals surface area contributed by atoms with Crippen molar-refractivity contribution in [1.29, 1.82) is 0 Å². The van der Waals surface area contributed by atoms with E-state index in [1.165, 1.54) is 0 Å². The maximum absolute atomic E-state index is 5.47. The van der Waals surface area contributed by atoms with Gasteiger partial charge in [-0.15, -0.1) is 0 Å². The first-order chi connectivity index (χ1) is 7.79. The fraction of sp³-hybridized carbons (Fsp3) is 0.167. The summed E-state index contributed by atoms with van der Waals surface area (Å²) in [6.07, 6.45) is 4.48. The van der Waals surface area contributed by atoms with Crippen molar-refractivity contribution in [3.63, 3.8) is 0 Å². The molecule has 16 heavy (non-hydrogen) atoms. The molecule has 0 saturated carbocycles. The zero-order chi connectivity index (χ0) is 11.4. The highest BCUT2D eigenvalue weighted by Crippen LogP contribution is 2.17. The first-order valence-corrected chi connectivity index (χ1v) is 5.86. The second-order valence-corrected chi connectivity index (χ2v) is 4.38. The summed E-state index contributed by atoms with van der Waals surface area (Å²) in [5.74, 6) is 0.744. The first kappa shape index (κ1) is 11.2. The summed E-state index contributed by atoms with van der Waals surface area (Å²) in [6, 6.07) is 7.93. The van der Waals surface area contributed by atoms with Crippen LogP contribution in [-0.2, 0) is 6.42 Å². The molecule has 4 heteroatoms. The van der Waals surface area contributed by atoms with Gasteiger partial charge in [0.1, 0.15) is 0 Å². The Morgan fingerprint density at radius 3 is 2.25 bits per heavy atom. The quantitative estimate of drug-likeness (QED) is 0.938. The van der Waals surface area contributed by atoms with Crippen molar-refractivity contribution in [3.05, 3.63) is 46.7 Å². The van der Waals surface area contributed by atoms with Crippen LogP contribution in [0.2, 0.25) is 0 Å². The van der Waals surface area contributed by atoms with Crippen molar-refractivity contribution in [1.82, 2.24) is 9.97 Å². The highest BCUT2D eigenvalue weighted by molar-refractivity contribution is 9.10. The van der Waals surface area contributed by atoms with Crippen molar-refractivity contribution in [2.75, 3.05) is 6.54 Å². The maximum Gasteiger partial charge on any atom is 0.159 e. The van der Waals surface area contributed by atoms with Crippen LogP contribution < -0.4 is 5.73 Å². The van der Waals surface area contributed by atoms with E-state index >= 15 is 0 Å². The zero-order valence-electron chi connectivity index (χ0n) is 8.73. The average molecular weight is 278 g/mol. The molecule has 0 aliphatic carbocycles. The van der Waals surface area contributed by atoms with Crippen molar-refractivity contribution in [2.24, 2.45) is 5.73 Å². The van der Waals surface area contributed by atoms with E-state index in [2.05, 4.69) is 25.9 Å². The summed E-state index contributed by atoms with van der Waals surface area (Å²) in [4.78, 5) is 8.63. The Hall–Kier alpha value is -1.26. The van der Waals surface area contributed by atoms with Gasteiger partial charge in [-0.3, -0.25) is 0 Å². The van der Waals surface area contributed by atoms with Crippen LogP contribution in [0, 0.1) is 0 Å². The maximum atomic E-state index is 5.47. The largest absolute Gasteiger partial charge is 0.330 e. The summed E-state index contributed by atoms with van der Waals surface area (Å²) in [7, 11) is 0. The summed E-state index contributed by atoms with van der Waals surface area (Å²) in [6.45, 7) is 0.626. The van der Waals surface area contributed by atoms with Gasteiger partial charge in [0, 0.05) is 22.4 Å². The molecule has 0 spiro atoms. The second-order valence-electron chi connectivity index (χ2n) is 3.46.